The molecule has 4 aromatic carbocycles. The van der Waals surface area contributed by atoms with Crippen molar-refractivity contribution in [2.75, 3.05) is 6.61 Å². The lowest BCUT2D eigenvalue weighted by Crippen LogP contribution is -2.13. The average molecular weight is 462 g/mol. The Morgan fingerprint density at radius 2 is 1.74 bits per heavy atom. The number of fused-ring (bicyclic) bond motifs is 1. The molecule has 174 valence electrons. The van der Waals surface area contributed by atoms with Crippen LogP contribution < -0.4 is 10.1 Å². The van der Waals surface area contributed by atoms with Crippen molar-refractivity contribution < 1.29 is 23.4 Å². The minimum atomic E-state index is -2.51. The van der Waals surface area contributed by atoms with Crippen molar-refractivity contribution in [3.05, 3.63) is 101 Å². The molecule has 0 amide bonds. The number of halogens is 2. The number of hydrogen-bond donors (Lipinski definition) is 2. The molecule has 0 aliphatic heterocycles. The third-order valence-corrected chi connectivity index (χ3v) is 5.63. The number of carbonyl (C=O) groups is 1. The van der Waals surface area contributed by atoms with Crippen LogP contribution in [0.25, 0.3) is 21.9 Å². The maximum Gasteiger partial charge on any atom is 0.335 e. The van der Waals surface area contributed by atoms with Crippen LogP contribution in [0, 0.1) is 6.92 Å². The number of ether oxygens (including phenoxy) is 1. The van der Waals surface area contributed by atoms with Gasteiger partial charge in [-0.05, 0) is 75.8 Å². The van der Waals surface area contributed by atoms with Gasteiger partial charge in [-0.1, -0.05) is 48.5 Å². The normalized spacial score (nSPS) is 11.2. The first-order valence-corrected chi connectivity index (χ1v) is 11.0. The first kappa shape index (κ1) is 23.4. The van der Waals surface area contributed by atoms with Crippen molar-refractivity contribution in [1.29, 1.82) is 0 Å². The summed E-state index contributed by atoms with van der Waals surface area (Å²) < 4.78 is 29.9. The van der Waals surface area contributed by atoms with Crippen LogP contribution >= 0.6 is 0 Å². The van der Waals surface area contributed by atoms with Gasteiger partial charge in [0.1, 0.15) is 12.4 Å². The van der Waals surface area contributed by atoms with Gasteiger partial charge < -0.3 is 15.2 Å². The molecule has 34 heavy (non-hydrogen) atoms. The second kappa shape index (κ2) is 10.4. The second-order valence-electron chi connectivity index (χ2n) is 8.15. The van der Waals surface area contributed by atoms with Crippen LogP contribution in [-0.4, -0.2) is 24.1 Å². The quantitative estimate of drug-likeness (QED) is 0.301. The van der Waals surface area contributed by atoms with Gasteiger partial charge in [-0.15, -0.1) is 0 Å². The third-order valence-electron chi connectivity index (χ3n) is 5.63. The summed E-state index contributed by atoms with van der Waals surface area (Å²) in [6, 6.07) is 24.8. The molecule has 4 rings (SSSR count). The Balaban J connectivity index is 1.56. The molecule has 0 saturated carbocycles. The Bertz CT molecular complexity index is 1320. The first-order chi connectivity index (χ1) is 16.4. The molecule has 0 heterocycles. The van der Waals surface area contributed by atoms with E-state index in [0.29, 0.717) is 24.4 Å². The van der Waals surface area contributed by atoms with Gasteiger partial charge in [0.05, 0.1) is 5.56 Å². The van der Waals surface area contributed by atoms with Crippen LogP contribution in [0.15, 0.2) is 78.9 Å². The Morgan fingerprint density at radius 3 is 2.53 bits per heavy atom. The number of carboxylic acid groups (broad SMARTS) is 1. The predicted octanol–water partition coefficient (Wildman–Crippen LogP) is 6.45. The summed E-state index contributed by atoms with van der Waals surface area (Å²) in [5.41, 5.74) is 4.82. The molecule has 4 aromatic rings. The van der Waals surface area contributed by atoms with E-state index in [2.05, 4.69) is 17.4 Å². The standard InChI is InChI=1S/C28H25F2NO3/c1-18-9-10-22(14-25(18)28(32)33)26-13-20(11-21-6-2-3-8-24(21)26)16-31-15-19-5-4-7-23(12-19)34-17-27(29)30/h2-14,27,31H,15-17H2,1H3,(H,32,33). The van der Waals surface area contributed by atoms with Crippen molar-refractivity contribution in [2.45, 2.75) is 26.4 Å². The summed E-state index contributed by atoms with van der Waals surface area (Å²) in [5.74, 6) is -0.526. The first-order valence-electron chi connectivity index (χ1n) is 11.0. The Morgan fingerprint density at radius 1 is 0.941 bits per heavy atom. The summed E-state index contributed by atoms with van der Waals surface area (Å²) in [4.78, 5) is 11.7. The number of rotatable bonds is 9. The molecule has 0 aromatic heterocycles. The molecule has 0 aliphatic rings. The van der Waals surface area contributed by atoms with E-state index < -0.39 is 19.0 Å². The van der Waals surface area contributed by atoms with Gasteiger partial charge in [0.15, 0.2) is 0 Å². The maximum absolute atomic E-state index is 12.4. The lowest BCUT2D eigenvalue weighted by molar-refractivity contribution is 0.0696. The van der Waals surface area contributed by atoms with E-state index in [1.54, 1.807) is 31.2 Å². The molecule has 0 fully saturated rings. The van der Waals surface area contributed by atoms with E-state index >= 15 is 0 Å². The van der Waals surface area contributed by atoms with E-state index in [1.807, 2.05) is 42.5 Å². The van der Waals surface area contributed by atoms with E-state index in [4.69, 9.17) is 4.74 Å². The number of carboxylic acids is 1. The topological polar surface area (TPSA) is 58.6 Å². The molecule has 2 N–H and O–H groups in total. The molecule has 0 atom stereocenters. The minimum absolute atomic E-state index is 0.291. The van der Waals surface area contributed by atoms with Crippen LogP contribution in [0.2, 0.25) is 0 Å². The van der Waals surface area contributed by atoms with Gasteiger partial charge in [0.2, 0.25) is 0 Å². The zero-order valence-electron chi connectivity index (χ0n) is 18.7. The SMILES string of the molecule is Cc1ccc(-c2cc(CNCc3cccc(OCC(F)F)c3)cc3ccccc23)cc1C(=O)O. The molecule has 0 radical (unpaired) electrons. The molecule has 4 nitrogen and oxygen atoms in total. The highest BCUT2D eigenvalue weighted by molar-refractivity contribution is 5.99. The monoisotopic (exact) mass is 461 g/mol. The minimum Gasteiger partial charge on any atom is -0.488 e. The summed E-state index contributed by atoms with van der Waals surface area (Å²) in [7, 11) is 0. The Kier molecular flexibility index (Phi) is 7.18. The van der Waals surface area contributed by atoms with Gasteiger partial charge in [0, 0.05) is 13.1 Å². The number of aromatic carboxylic acids is 1. The van der Waals surface area contributed by atoms with Crippen molar-refractivity contribution >= 4 is 16.7 Å². The highest BCUT2D eigenvalue weighted by Crippen LogP contribution is 2.31. The fraction of sp³-hybridized carbons (Fsp3) is 0.179. The summed E-state index contributed by atoms with van der Waals surface area (Å²) in [5, 5.41) is 15.1. The van der Waals surface area contributed by atoms with E-state index in [0.717, 1.165) is 38.6 Å². The smallest absolute Gasteiger partial charge is 0.335 e. The van der Waals surface area contributed by atoms with Crippen molar-refractivity contribution in [2.24, 2.45) is 0 Å². The lowest BCUT2D eigenvalue weighted by Gasteiger charge is -2.13. The highest BCUT2D eigenvalue weighted by Gasteiger charge is 2.12. The lowest BCUT2D eigenvalue weighted by atomic mass is 9.93. The Labute approximate surface area is 196 Å². The zero-order valence-corrected chi connectivity index (χ0v) is 18.7. The molecular formula is C28H25F2NO3. The van der Waals surface area contributed by atoms with Crippen LogP contribution in [0.3, 0.4) is 0 Å². The molecule has 0 aliphatic carbocycles. The molecule has 6 heteroatoms. The van der Waals surface area contributed by atoms with E-state index in [1.165, 1.54) is 0 Å². The van der Waals surface area contributed by atoms with Gasteiger partial charge >= 0.3 is 5.97 Å². The van der Waals surface area contributed by atoms with Gasteiger partial charge in [-0.3, -0.25) is 0 Å². The van der Waals surface area contributed by atoms with Crippen LogP contribution in [-0.2, 0) is 13.1 Å². The Hall–Kier alpha value is -3.77. The summed E-state index contributed by atoms with van der Waals surface area (Å²) in [6.07, 6.45) is -2.51. The molecular weight excluding hydrogens is 436 g/mol. The average Bonchev–Trinajstić information content (AvgIpc) is 2.83. The van der Waals surface area contributed by atoms with Crippen LogP contribution in [0.4, 0.5) is 8.78 Å². The van der Waals surface area contributed by atoms with Gasteiger partial charge in [0.25, 0.3) is 6.43 Å². The van der Waals surface area contributed by atoms with Gasteiger partial charge in [-0.2, -0.15) is 0 Å². The molecule has 0 bridgehead atoms. The number of benzene rings is 4. The fourth-order valence-corrected chi connectivity index (χ4v) is 3.99. The van der Waals surface area contributed by atoms with Crippen molar-refractivity contribution in [3.63, 3.8) is 0 Å². The maximum atomic E-state index is 12.4. The third kappa shape index (κ3) is 5.58. The van der Waals surface area contributed by atoms with Crippen molar-refractivity contribution in [1.82, 2.24) is 5.32 Å². The highest BCUT2D eigenvalue weighted by atomic mass is 19.3. The number of hydrogen-bond acceptors (Lipinski definition) is 3. The summed E-state index contributed by atoms with van der Waals surface area (Å²) in [6.45, 7) is 2.29. The van der Waals surface area contributed by atoms with Crippen molar-refractivity contribution in [3.8, 4) is 16.9 Å². The zero-order chi connectivity index (χ0) is 24.1. The van der Waals surface area contributed by atoms with E-state index in [-0.39, 0.29) is 0 Å². The number of nitrogens with one attached hydrogen (secondary N) is 1. The number of alkyl halides is 2. The number of aryl methyl sites for hydroxylation is 1. The molecule has 0 unspecified atom stereocenters. The van der Waals surface area contributed by atoms with Crippen LogP contribution in [0.5, 0.6) is 5.75 Å². The second-order valence-corrected chi connectivity index (χ2v) is 8.15. The predicted molar refractivity (Wildman–Crippen MR) is 130 cm³/mol. The van der Waals surface area contributed by atoms with E-state index in [9.17, 15) is 18.7 Å². The van der Waals surface area contributed by atoms with Gasteiger partial charge in [-0.25, -0.2) is 13.6 Å². The molecule has 0 spiro atoms. The fourth-order valence-electron chi connectivity index (χ4n) is 3.99. The largest absolute Gasteiger partial charge is 0.488 e. The molecule has 0 saturated heterocycles. The summed E-state index contributed by atoms with van der Waals surface area (Å²) >= 11 is 0. The van der Waals surface area contributed by atoms with Crippen LogP contribution in [0.1, 0.15) is 27.0 Å².